The van der Waals surface area contributed by atoms with Gasteiger partial charge in [-0.1, -0.05) is 17.4 Å². The molecule has 2 aromatic heterocycles. The van der Waals surface area contributed by atoms with E-state index in [1.54, 1.807) is 0 Å². The summed E-state index contributed by atoms with van der Waals surface area (Å²) in [4.78, 5) is 23.0. The summed E-state index contributed by atoms with van der Waals surface area (Å²) in [6, 6.07) is 5.95. The molecule has 5 heteroatoms. The first-order valence-corrected chi connectivity index (χ1v) is 7.66. The van der Waals surface area contributed by atoms with E-state index in [1.165, 1.54) is 24.2 Å². The van der Waals surface area contributed by atoms with Gasteiger partial charge in [0.2, 0.25) is 0 Å². The van der Waals surface area contributed by atoms with Crippen molar-refractivity contribution in [3.05, 3.63) is 40.7 Å². The van der Waals surface area contributed by atoms with Crippen molar-refractivity contribution in [2.75, 3.05) is 18.5 Å². The van der Waals surface area contributed by atoms with Crippen molar-refractivity contribution in [3.63, 3.8) is 0 Å². The summed E-state index contributed by atoms with van der Waals surface area (Å²) in [6.45, 7) is 0.854. The second-order valence-corrected chi connectivity index (χ2v) is 6.14. The highest BCUT2D eigenvalue weighted by molar-refractivity contribution is 7.17. The van der Waals surface area contributed by atoms with Crippen molar-refractivity contribution in [2.24, 2.45) is 0 Å². The molecule has 1 aliphatic carbocycles. The molecular formula is C15H17N3OS. The number of hydrogen-bond donors (Lipinski definition) is 0. The summed E-state index contributed by atoms with van der Waals surface area (Å²) >= 11 is 1.50. The zero-order valence-corrected chi connectivity index (χ0v) is 12.3. The fourth-order valence-electron chi connectivity index (χ4n) is 2.15. The molecule has 20 heavy (non-hydrogen) atoms. The molecule has 0 radical (unpaired) electrons. The number of hydrogen-bond acceptors (Lipinski definition) is 5. The Kier molecular flexibility index (Phi) is 3.78. The topological polar surface area (TPSA) is 46.1 Å². The summed E-state index contributed by atoms with van der Waals surface area (Å²) in [5.41, 5.74) is 2.08. The molecule has 104 valence electrons. The Balaban J connectivity index is 1.67. The van der Waals surface area contributed by atoms with Crippen LogP contribution in [0.4, 0.5) is 5.13 Å². The quantitative estimate of drug-likeness (QED) is 0.766. The van der Waals surface area contributed by atoms with E-state index in [0.29, 0.717) is 5.92 Å². The van der Waals surface area contributed by atoms with E-state index >= 15 is 0 Å². The molecule has 0 amide bonds. The number of rotatable bonds is 6. The number of nitrogens with zero attached hydrogens (tertiary/aromatic N) is 3. The number of pyridine rings is 1. The summed E-state index contributed by atoms with van der Waals surface area (Å²) in [7, 11) is 2.02. The molecule has 4 nitrogen and oxygen atoms in total. The Morgan fingerprint density at radius 2 is 2.30 bits per heavy atom. The number of anilines is 1. The molecule has 0 spiro atoms. The van der Waals surface area contributed by atoms with E-state index in [9.17, 15) is 4.79 Å². The van der Waals surface area contributed by atoms with E-state index in [1.807, 2.05) is 31.4 Å². The lowest BCUT2D eigenvalue weighted by Crippen LogP contribution is -2.20. The monoisotopic (exact) mass is 287 g/mol. The molecule has 0 N–H and O–H groups in total. The minimum atomic E-state index is 0.518. The zero-order valence-electron chi connectivity index (χ0n) is 11.5. The van der Waals surface area contributed by atoms with Crippen LogP contribution in [0.5, 0.6) is 0 Å². The molecule has 0 saturated heterocycles. The van der Waals surface area contributed by atoms with Crippen molar-refractivity contribution < 1.29 is 4.79 Å². The molecule has 0 aliphatic heterocycles. The van der Waals surface area contributed by atoms with Crippen LogP contribution in [-0.2, 0) is 6.42 Å². The van der Waals surface area contributed by atoms with Gasteiger partial charge in [0.15, 0.2) is 11.4 Å². The lowest BCUT2D eigenvalue weighted by molar-refractivity contribution is 0.112. The fraction of sp³-hybridized carbons (Fsp3) is 0.400. The number of aldehydes is 1. The maximum atomic E-state index is 11.1. The summed E-state index contributed by atoms with van der Waals surface area (Å²) in [5, 5.41) is 0.935. The minimum Gasteiger partial charge on any atom is -0.351 e. The van der Waals surface area contributed by atoms with Gasteiger partial charge in [0, 0.05) is 37.8 Å². The van der Waals surface area contributed by atoms with Crippen LogP contribution in [0, 0.1) is 0 Å². The highest BCUT2D eigenvalue weighted by atomic mass is 32.1. The third-order valence-electron chi connectivity index (χ3n) is 3.50. The van der Waals surface area contributed by atoms with Crippen LogP contribution in [0.2, 0.25) is 0 Å². The number of aromatic nitrogens is 2. The Hall–Kier alpha value is -1.75. The average Bonchev–Trinajstić information content (AvgIpc) is 3.24. The van der Waals surface area contributed by atoms with Crippen LogP contribution >= 0.6 is 11.3 Å². The third kappa shape index (κ3) is 2.88. The second-order valence-electron chi connectivity index (χ2n) is 5.13. The largest absolute Gasteiger partial charge is 0.351 e. The van der Waals surface area contributed by atoms with Gasteiger partial charge in [0.1, 0.15) is 0 Å². The Labute approximate surface area is 122 Å². The summed E-state index contributed by atoms with van der Waals surface area (Å²) < 4.78 is 0. The molecule has 0 unspecified atom stereocenters. The first-order valence-electron chi connectivity index (χ1n) is 6.85. The number of carbonyl (C=O) groups excluding carboxylic acids is 1. The van der Waals surface area contributed by atoms with Crippen LogP contribution in [0.15, 0.2) is 24.4 Å². The predicted molar refractivity (Wildman–Crippen MR) is 80.7 cm³/mol. The van der Waals surface area contributed by atoms with Gasteiger partial charge in [0.25, 0.3) is 0 Å². The van der Waals surface area contributed by atoms with Crippen molar-refractivity contribution in [1.82, 2.24) is 9.97 Å². The summed E-state index contributed by atoms with van der Waals surface area (Å²) in [5.74, 6) is 0.518. The minimum absolute atomic E-state index is 0.518. The van der Waals surface area contributed by atoms with Crippen LogP contribution in [0.25, 0.3) is 0 Å². The van der Waals surface area contributed by atoms with Crippen molar-refractivity contribution in [3.8, 4) is 0 Å². The molecule has 2 aromatic rings. The fourth-order valence-corrected chi connectivity index (χ4v) is 3.11. The van der Waals surface area contributed by atoms with Crippen molar-refractivity contribution >= 4 is 22.8 Å². The third-order valence-corrected chi connectivity index (χ3v) is 4.61. The van der Waals surface area contributed by atoms with Gasteiger partial charge in [-0.2, -0.15) is 0 Å². The van der Waals surface area contributed by atoms with Crippen molar-refractivity contribution in [1.29, 1.82) is 0 Å². The van der Waals surface area contributed by atoms with Gasteiger partial charge in [-0.3, -0.25) is 9.78 Å². The van der Waals surface area contributed by atoms with Gasteiger partial charge < -0.3 is 4.90 Å². The average molecular weight is 287 g/mol. The lowest BCUT2D eigenvalue weighted by atomic mass is 10.2. The van der Waals surface area contributed by atoms with Crippen LogP contribution < -0.4 is 4.90 Å². The van der Waals surface area contributed by atoms with Gasteiger partial charge >= 0.3 is 0 Å². The molecule has 1 aliphatic rings. The first kappa shape index (κ1) is 13.2. The Bertz CT molecular complexity index is 592. The maximum absolute atomic E-state index is 11.1. The zero-order chi connectivity index (χ0) is 13.9. The standard InChI is InChI=1S/C15H17N3OS/c1-18(9-7-12-4-2-3-8-16-12)15-17-14(11-5-6-11)13(10-19)20-15/h2-4,8,10-11H,5-7,9H2,1H3. The SMILES string of the molecule is CN(CCc1ccccn1)c1nc(C2CC2)c(C=O)s1. The Morgan fingerprint density at radius 1 is 1.45 bits per heavy atom. The van der Waals surface area contributed by atoms with E-state index in [2.05, 4.69) is 14.9 Å². The molecule has 1 fully saturated rings. The second kappa shape index (κ2) is 5.71. The molecule has 0 bridgehead atoms. The molecule has 0 aromatic carbocycles. The summed E-state index contributed by atoms with van der Waals surface area (Å²) in [6.07, 6.45) is 5.98. The molecule has 3 rings (SSSR count). The molecule has 1 saturated carbocycles. The van der Waals surface area contributed by atoms with Gasteiger partial charge in [-0.15, -0.1) is 0 Å². The predicted octanol–water partition coefficient (Wildman–Crippen LogP) is 2.91. The van der Waals surface area contributed by atoms with E-state index in [0.717, 1.165) is 40.6 Å². The molecular weight excluding hydrogens is 270 g/mol. The van der Waals surface area contributed by atoms with Gasteiger partial charge in [0.05, 0.1) is 10.6 Å². The highest BCUT2D eigenvalue weighted by Crippen LogP contribution is 2.43. The van der Waals surface area contributed by atoms with Crippen LogP contribution in [0.1, 0.15) is 39.8 Å². The van der Waals surface area contributed by atoms with Gasteiger partial charge in [-0.25, -0.2) is 4.98 Å². The number of likely N-dealkylation sites (N-methyl/N-ethyl adjacent to an activating group) is 1. The van der Waals surface area contributed by atoms with Crippen molar-refractivity contribution in [2.45, 2.75) is 25.2 Å². The Morgan fingerprint density at radius 3 is 2.95 bits per heavy atom. The number of carbonyl (C=O) groups is 1. The number of thiazole rings is 1. The van der Waals surface area contributed by atoms with Crippen LogP contribution in [0.3, 0.4) is 0 Å². The normalized spacial score (nSPS) is 14.2. The van der Waals surface area contributed by atoms with Gasteiger partial charge in [-0.05, 0) is 25.0 Å². The molecule has 0 atom stereocenters. The first-order chi connectivity index (χ1) is 9.78. The van der Waals surface area contributed by atoms with E-state index in [-0.39, 0.29) is 0 Å². The van der Waals surface area contributed by atoms with E-state index < -0.39 is 0 Å². The lowest BCUT2D eigenvalue weighted by Gasteiger charge is -2.15. The maximum Gasteiger partial charge on any atom is 0.185 e. The highest BCUT2D eigenvalue weighted by Gasteiger charge is 2.30. The van der Waals surface area contributed by atoms with Crippen LogP contribution in [-0.4, -0.2) is 29.8 Å². The molecule has 2 heterocycles. The smallest absolute Gasteiger partial charge is 0.185 e. The van der Waals surface area contributed by atoms with E-state index in [4.69, 9.17) is 0 Å².